The number of dihydropyridines is 1. The highest BCUT2D eigenvalue weighted by molar-refractivity contribution is 5.34. The van der Waals surface area contributed by atoms with E-state index < -0.39 is 0 Å². The summed E-state index contributed by atoms with van der Waals surface area (Å²) in [6, 6.07) is 0. The molecular formula is C12H21N. The lowest BCUT2D eigenvalue weighted by molar-refractivity contribution is 0.621. The number of hydrogen-bond acceptors (Lipinski definition) is 1. The molecule has 1 heteroatoms. The number of hydrogen-bond donors (Lipinski definition) is 1. The lowest BCUT2D eigenvalue weighted by Gasteiger charge is -2.25. The highest BCUT2D eigenvalue weighted by Crippen LogP contribution is 2.24. The SMILES string of the molecule is CC1=CC(C(C)C)=C(C(C)C)NC1. The van der Waals surface area contributed by atoms with Crippen LogP contribution in [0.1, 0.15) is 34.6 Å². The topological polar surface area (TPSA) is 12.0 Å². The Hall–Kier alpha value is -0.720. The molecule has 1 rings (SSSR count). The summed E-state index contributed by atoms with van der Waals surface area (Å²) in [6.45, 7) is 12.2. The van der Waals surface area contributed by atoms with Crippen molar-refractivity contribution in [2.75, 3.05) is 6.54 Å². The Kier molecular flexibility index (Phi) is 3.18. The molecule has 0 aromatic rings. The first-order valence-corrected chi connectivity index (χ1v) is 5.17. The van der Waals surface area contributed by atoms with Crippen LogP contribution in [0.25, 0.3) is 0 Å². The van der Waals surface area contributed by atoms with Crippen molar-refractivity contribution in [3.63, 3.8) is 0 Å². The minimum atomic E-state index is 0.613. The molecule has 1 nitrogen and oxygen atoms in total. The molecule has 1 N–H and O–H groups in total. The van der Waals surface area contributed by atoms with E-state index >= 15 is 0 Å². The number of rotatable bonds is 2. The Bertz CT molecular complexity index is 244. The van der Waals surface area contributed by atoms with E-state index in [1.807, 2.05) is 0 Å². The van der Waals surface area contributed by atoms with Gasteiger partial charge >= 0.3 is 0 Å². The minimum Gasteiger partial charge on any atom is -0.384 e. The van der Waals surface area contributed by atoms with Gasteiger partial charge in [0.15, 0.2) is 0 Å². The molecule has 1 aliphatic heterocycles. The molecule has 74 valence electrons. The van der Waals surface area contributed by atoms with Crippen molar-refractivity contribution in [1.29, 1.82) is 0 Å². The molecule has 0 atom stereocenters. The van der Waals surface area contributed by atoms with E-state index in [9.17, 15) is 0 Å². The molecule has 0 saturated heterocycles. The summed E-state index contributed by atoms with van der Waals surface area (Å²) in [5.41, 5.74) is 4.35. The fourth-order valence-corrected chi connectivity index (χ4v) is 1.75. The van der Waals surface area contributed by atoms with Gasteiger partial charge in [0.05, 0.1) is 0 Å². The van der Waals surface area contributed by atoms with Gasteiger partial charge in [-0.2, -0.15) is 0 Å². The molecule has 0 saturated carbocycles. The standard InChI is InChI=1S/C12H21N/c1-8(2)11-6-10(5)7-13-12(11)9(3)4/h6,8-9,13H,7H2,1-5H3. The van der Waals surface area contributed by atoms with E-state index in [0.29, 0.717) is 11.8 Å². The van der Waals surface area contributed by atoms with Gasteiger partial charge in [-0.25, -0.2) is 0 Å². The van der Waals surface area contributed by atoms with E-state index in [-0.39, 0.29) is 0 Å². The maximum absolute atomic E-state index is 3.51. The van der Waals surface area contributed by atoms with Crippen LogP contribution in [-0.4, -0.2) is 6.54 Å². The van der Waals surface area contributed by atoms with Crippen LogP contribution in [0.2, 0.25) is 0 Å². The zero-order valence-corrected chi connectivity index (χ0v) is 9.44. The molecule has 0 aromatic heterocycles. The van der Waals surface area contributed by atoms with Gasteiger partial charge in [-0.1, -0.05) is 39.3 Å². The van der Waals surface area contributed by atoms with Crippen molar-refractivity contribution < 1.29 is 0 Å². The Balaban J connectivity index is 3.01. The summed E-state index contributed by atoms with van der Waals surface area (Å²) >= 11 is 0. The summed E-state index contributed by atoms with van der Waals surface area (Å²) in [7, 11) is 0. The Morgan fingerprint density at radius 3 is 2.23 bits per heavy atom. The maximum Gasteiger partial charge on any atom is 0.0357 e. The van der Waals surface area contributed by atoms with Gasteiger partial charge in [-0.15, -0.1) is 0 Å². The van der Waals surface area contributed by atoms with Crippen LogP contribution in [0.4, 0.5) is 0 Å². The second-order valence-electron chi connectivity index (χ2n) is 4.52. The van der Waals surface area contributed by atoms with E-state index in [4.69, 9.17) is 0 Å². The van der Waals surface area contributed by atoms with E-state index in [1.165, 1.54) is 16.8 Å². The van der Waals surface area contributed by atoms with Gasteiger partial charge in [-0.05, 0) is 24.3 Å². The molecule has 1 aliphatic rings. The predicted octanol–water partition coefficient (Wildman–Crippen LogP) is 3.10. The lowest BCUT2D eigenvalue weighted by atomic mass is 9.91. The molecule has 0 fully saturated rings. The van der Waals surface area contributed by atoms with Gasteiger partial charge in [0.2, 0.25) is 0 Å². The van der Waals surface area contributed by atoms with Gasteiger partial charge in [0, 0.05) is 12.2 Å². The summed E-state index contributed by atoms with van der Waals surface area (Å²) in [6.07, 6.45) is 2.34. The Morgan fingerprint density at radius 2 is 1.77 bits per heavy atom. The zero-order chi connectivity index (χ0) is 10.0. The van der Waals surface area contributed by atoms with Gasteiger partial charge in [-0.3, -0.25) is 0 Å². The fraction of sp³-hybridized carbons (Fsp3) is 0.667. The van der Waals surface area contributed by atoms with Gasteiger partial charge in [0.25, 0.3) is 0 Å². The highest BCUT2D eigenvalue weighted by Gasteiger charge is 2.15. The van der Waals surface area contributed by atoms with Gasteiger partial charge in [0.1, 0.15) is 0 Å². The second kappa shape index (κ2) is 3.99. The number of nitrogens with one attached hydrogen (secondary N) is 1. The highest BCUT2D eigenvalue weighted by atomic mass is 14.9. The molecule has 0 unspecified atom stereocenters. The molecule has 0 spiro atoms. The van der Waals surface area contributed by atoms with Crippen LogP contribution in [0.3, 0.4) is 0 Å². The molecule has 0 aliphatic carbocycles. The Morgan fingerprint density at radius 1 is 1.15 bits per heavy atom. The average Bonchev–Trinajstić information content (AvgIpc) is 2.03. The lowest BCUT2D eigenvalue weighted by Crippen LogP contribution is -2.26. The first kappa shape index (κ1) is 10.4. The third-order valence-electron chi connectivity index (χ3n) is 2.47. The molecule has 1 heterocycles. The third kappa shape index (κ3) is 2.36. The molecule has 0 radical (unpaired) electrons. The van der Waals surface area contributed by atoms with Crippen LogP contribution in [0, 0.1) is 11.8 Å². The van der Waals surface area contributed by atoms with Crippen LogP contribution < -0.4 is 5.32 Å². The maximum atomic E-state index is 3.51. The van der Waals surface area contributed by atoms with Crippen molar-refractivity contribution >= 4 is 0 Å². The van der Waals surface area contributed by atoms with Crippen molar-refractivity contribution in [3.8, 4) is 0 Å². The van der Waals surface area contributed by atoms with Crippen LogP contribution >= 0.6 is 0 Å². The smallest absolute Gasteiger partial charge is 0.0357 e. The minimum absolute atomic E-state index is 0.613. The van der Waals surface area contributed by atoms with Crippen molar-refractivity contribution in [2.24, 2.45) is 11.8 Å². The molecular weight excluding hydrogens is 158 g/mol. The first-order chi connectivity index (χ1) is 6.02. The van der Waals surface area contributed by atoms with Gasteiger partial charge < -0.3 is 5.32 Å². The fourth-order valence-electron chi connectivity index (χ4n) is 1.75. The van der Waals surface area contributed by atoms with E-state index in [2.05, 4.69) is 46.0 Å². The normalized spacial score (nSPS) is 17.9. The largest absolute Gasteiger partial charge is 0.384 e. The average molecular weight is 179 g/mol. The van der Waals surface area contributed by atoms with Crippen molar-refractivity contribution in [2.45, 2.75) is 34.6 Å². The van der Waals surface area contributed by atoms with Crippen LogP contribution in [-0.2, 0) is 0 Å². The van der Waals surface area contributed by atoms with E-state index in [1.54, 1.807) is 0 Å². The summed E-state index contributed by atoms with van der Waals surface area (Å²) < 4.78 is 0. The van der Waals surface area contributed by atoms with Crippen LogP contribution in [0.5, 0.6) is 0 Å². The molecule has 0 amide bonds. The first-order valence-electron chi connectivity index (χ1n) is 5.17. The van der Waals surface area contributed by atoms with Crippen LogP contribution in [0.15, 0.2) is 22.9 Å². The summed E-state index contributed by atoms with van der Waals surface area (Å²) in [4.78, 5) is 0. The monoisotopic (exact) mass is 179 g/mol. The van der Waals surface area contributed by atoms with Crippen molar-refractivity contribution in [3.05, 3.63) is 22.9 Å². The summed E-state index contributed by atoms with van der Waals surface area (Å²) in [5.74, 6) is 1.24. The summed E-state index contributed by atoms with van der Waals surface area (Å²) in [5, 5.41) is 3.51. The molecule has 13 heavy (non-hydrogen) atoms. The third-order valence-corrected chi connectivity index (χ3v) is 2.47. The molecule has 0 bridgehead atoms. The number of allylic oxidation sites excluding steroid dienone is 3. The second-order valence-corrected chi connectivity index (χ2v) is 4.52. The Labute approximate surface area is 81.9 Å². The quantitative estimate of drug-likeness (QED) is 0.687. The predicted molar refractivity (Wildman–Crippen MR) is 58.5 cm³/mol. The zero-order valence-electron chi connectivity index (χ0n) is 9.44. The van der Waals surface area contributed by atoms with E-state index in [0.717, 1.165) is 6.54 Å². The van der Waals surface area contributed by atoms with Crippen molar-refractivity contribution in [1.82, 2.24) is 5.32 Å². The molecule has 0 aromatic carbocycles.